The van der Waals surface area contributed by atoms with E-state index in [-0.39, 0.29) is 0 Å². The second-order valence-corrected chi connectivity index (χ2v) is 11.4. The number of hydrogen-bond donors (Lipinski definition) is 0. The minimum Gasteiger partial charge on any atom is -0.493 e. The van der Waals surface area contributed by atoms with E-state index in [1.165, 1.54) is 50.9 Å². The zero-order valence-electron chi connectivity index (χ0n) is 25.7. The Labute approximate surface area is 233 Å². The molecule has 3 rings (SSSR count). The molecule has 38 heavy (non-hydrogen) atoms. The summed E-state index contributed by atoms with van der Waals surface area (Å²) in [5.74, 6) is 0. The number of aryl methyl sites for hydroxylation is 4. The Morgan fingerprint density at radius 3 is 1.37 bits per heavy atom. The average Bonchev–Trinajstić information content (AvgIpc) is 3.17. The van der Waals surface area contributed by atoms with Crippen LogP contribution >= 0.6 is 0 Å². The van der Waals surface area contributed by atoms with Gasteiger partial charge in [-0.2, -0.15) is 0 Å². The first-order valence-electron chi connectivity index (χ1n) is 15.5. The van der Waals surface area contributed by atoms with Gasteiger partial charge < -0.3 is 5.53 Å². The molecule has 206 valence electrons. The lowest BCUT2D eigenvalue weighted by molar-refractivity contribution is -0.345. The van der Waals surface area contributed by atoms with Gasteiger partial charge in [-0.05, 0) is 123 Å². The summed E-state index contributed by atoms with van der Waals surface area (Å²) in [6.07, 6.45) is 13.4. The summed E-state index contributed by atoms with van der Waals surface area (Å²) in [5, 5.41) is 0. The third-order valence-corrected chi connectivity index (χ3v) is 8.37. The summed E-state index contributed by atoms with van der Waals surface area (Å²) >= 11 is 0. The predicted octanol–water partition coefficient (Wildman–Crippen LogP) is 11.0. The van der Waals surface area contributed by atoms with Gasteiger partial charge in [0.15, 0.2) is 0 Å². The van der Waals surface area contributed by atoms with E-state index in [4.69, 9.17) is 0 Å². The highest BCUT2D eigenvalue weighted by molar-refractivity contribution is 5.83. The van der Waals surface area contributed by atoms with Gasteiger partial charge in [0.05, 0.1) is 0 Å². The van der Waals surface area contributed by atoms with Crippen molar-refractivity contribution in [2.24, 2.45) is 0 Å². The van der Waals surface area contributed by atoms with Gasteiger partial charge in [0.2, 0.25) is 11.4 Å². The van der Waals surface area contributed by atoms with Crippen LogP contribution in [0, 0.1) is 20.8 Å². The molecule has 0 fully saturated rings. The molecule has 0 radical (unpaired) electrons. The Bertz CT molecular complexity index is 1160. The monoisotopic (exact) mass is 512 g/mol. The van der Waals surface area contributed by atoms with Gasteiger partial charge in [0, 0.05) is 22.3 Å². The second kappa shape index (κ2) is 14.1. The molecule has 2 aromatic rings. The van der Waals surface area contributed by atoms with Crippen molar-refractivity contribution in [1.29, 1.82) is 0 Å². The van der Waals surface area contributed by atoms with Gasteiger partial charge in [0.25, 0.3) is 0 Å². The topological polar surface area (TPSA) is 25.3 Å². The molecule has 1 heterocycles. The first kappa shape index (κ1) is 30.1. The molecule has 0 spiro atoms. The normalized spacial score (nSPS) is 13.8. The maximum absolute atomic E-state index is 12.1. The van der Waals surface area contributed by atoms with Crippen molar-refractivity contribution < 1.29 is 4.70 Å². The lowest BCUT2D eigenvalue weighted by atomic mass is 9.87. The van der Waals surface area contributed by atoms with E-state index in [0.717, 1.165) is 87.6 Å². The molecule has 2 heteroatoms. The third-order valence-electron chi connectivity index (χ3n) is 8.37. The molecule has 0 saturated carbocycles. The van der Waals surface area contributed by atoms with Gasteiger partial charge in [-0.15, -0.1) is 0 Å². The van der Waals surface area contributed by atoms with Crippen LogP contribution in [0.15, 0.2) is 35.4 Å². The molecule has 0 atom stereocenters. The minimum absolute atomic E-state index is 1.01. The number of benzene rings is 2. The number of rotatable bonds is 14. The van der Waals surface area contributed by atoms with Crippen LogP contribution in [0.1, 0.15) is 137 Å². The Balaban J connectivity index is 2.30. The van der Waals surface area contributed by atoms with Crippen LogP contribution in [0.3, 0.4) is 0 Å². The van der Waals surface area contributed by atoms with E-state index in [0.29, 0.717) is 0 Å². The Kier molecular flexibility index (Phi) is 11.1. The molecule has 0 N–H and O–H groups in total. The molecular formula is C36H52N2. The fraction of sp³-hybridized carbons (Fsp3) is 0.556. The van der Waals surface area contributed by atoms with E-state index in [1.807, 2.05) is 0 Å². The summed E-state index contributed by atoms with van der Waals surface area (Å²) in [4.78, 5) is 0. The first-order chi connectivity index (χ1) is 18.3. The summed E-state index contributed by atoms with van der Waals surface area (Å²) in [7, 11) is 0. The zero-order valence-corrected chi connectivity index (χ0v) is 25.7. The van der Waals surface area contributed by atoms with Gasteiger partial charge in [-0.1, -0.05) is 66.7 Å². The standard InChI is InChI=1S/C36H52N2/c1-9-14-19-33-34(20-15-10-2)36(38(37)35(33)30-21-25(6)27(8)26(7)22-30)31-23-28(16-11-3)32(18-13-5)29(24-31)17-12-4/h21-24H,9-20H2,1-8H3. The fourth-order valence-corrected chi connectivity index (χ4v) is 6.15. The SMILES string of the molecule is CCCCC1=C(c2cc(C)c(C)c(C)c2)[N+](=[N-])C(c2cc(CCC)c(CCC)c(CCC)c2)=C1CCCC. The maximum atomic E-state index is 12.1. The van der Waals surface area contributed by atoms with Gasteiger partial charge >= 0.3 is 0 Å². The lowest BCUT2D eigenvalue weighted by Crippen LogP contribution is -2.07. The third kappa shape index (κ3) is 6.38. The maximum Gasteiger partial charge on any atom is 0.211 e. The van der Waals surface area contributed by atoms with Crippen LogP contribution in [-0.4, -0.2) is 4.70 Å². The minimum atomic E-state index is 1.01. The smallest absolute Gasteiger partial charge is 0.211 e. The fourth-order valence-electron chi connectivity index (χ4n) is 6.15. The van der Waals surface area contributed by atoms with E-state index < -0.39 is 0 Å². The highest BCUT2D eigenvalue weighted by Crippen LogP contribution is 2.45. The van der Waals surface area contributed by atoms with E-state index in [9.17, 15) is 5.53 Å². The highest BCUT2D eigenvalue weighted by atomic mass is 15.2. The van der Waals surface area contributed by atoms with Crippen LogP contribution in [0.2, 0.25) is 0 Å². The quantitative estimate of drug-likeness (QED) is 0.225. The molecule has 0 bridgehead atoms. The molecular weight excluding hydrogens is 460 g/mol. The van der Waals surface area contributed by atoms with Gasteiger partial charge in [0.1, 0.15) is 0 Å². The van der Waals surface area contributed by atoms with Crippen molar-refractivity contribution >= 4 is 11.4 Å². The second-order valence-electron chi connectivity index (χ2n) is 11.4. The predicted molar refractivity (Wildman–Crippen MR) is 166 cm³/mol. The summed E-state index contributed by atoms with van der Waals surface area (Å²) in [5.41, 5.74) is 27.6. The Hall–Kier alpha value is -2.48. The van der Waals surface area contributed by atoms with Crippen LogP contribution in [0.4, 0.5) is 0 Å². The molecule has 0 aromatic heterocycles. The van der Waals surface area contributed by atoms with Crippen molar-refractivity contribution in [1.82, 2.24) is 0 Å². The van der Waals surface area contributed by atoms with Crippen LogP contribution < -0.4 is 0 Å². The molecule has 2 nitrogen and oxygen atoms in total. The highest BCUT2D eigenvalue weighted by Gasteiger charge is 2.36. The molecule has 0 amide bonds. The molecule has 1 aliphatic heterocycles. The number of allylic oxidation sites excluding steroid dienone is 2. The first-order valence-corrected chi connectivity index (χ1v) is 15.5. The largest absolute Gasteiger partial charge is 0.493 e. The van der Waals surface area contributed by atoms with Crippen molar-refractivity contribution in [2.45, 2.75) is 132 Å². The van der Waals surface area contributed by atoms with Gasteiger partial charge in [-0.3, -0.25) is 0 Å². The molecule has 0 saturated heterocycles. The molecule has 0 unspecified atom stereocenters. The van der Waals surface area contributed by atoms with Crippen molar-refractivity contribution in [3.05, 3.63) is 85.5 Å². The van der Waals surface area contributed by atoms with Crippen LogP contribution in [0.25, 0.3) is 16.9 Å². The van der Waals surface area contributed by atoms with E-state index >= 15 is 0 Å². The molecule has 2 aromatic carbocycles. The molecule has 0 aliphatic carbocycles. The van der Waals surface area contributed by atoms with Crippen molar-refractivity contribution in [3.63, 3.8) is 0 Å². The van der Waals surface area contributed by atoms with Crippen molar-refractivity contribution in [2.75, 3.05) is 0 Å². The van der Waals surface area contributed by atoms with E-state index in [1.54, 1.807) is 10.3 Å². The zero-order chi connectivity index (χ0) is 27.8. The summed E-state index contributed by atoms with van der Waals surface area (Å²) < 4.78 is 1.58. The molecule has 1 aliphatic rings. The average molecular weight is 513 g/mol. The van der Waals surface area contributed by atoms with Crippen LogP contribution in [-0.2, 0) is 19.3 Å². The summed E-state index contributed by atoms with van der Waals surface area (Å²) in [6, 6.07) is 9.40. The van der Waals surface area contributed by atoms with E-state index in [2.05, 4.69) is 79.7 Å². The number of unbranched alkanes of at least 4 members (excludes halogenated alkanes) is 2. The van der Waals surface area contributed by atoms with Gasteiger partial charge in [-0.25, -0.2) is 4.70 Å². The summed E-state index contributed by atoms with van der Waals surface area (Å²) in [6.45, 7) is 18.0. The Morgan fingerprint density at radius 1 is 0.553 bits per heavy atom. The number of hydrogen-bond acceptors (Lipinski definition) is 0. The van der Waals surface area contributed by atoms with Crippen LogP contribution in [0.5, 0.6) is 0 Å². The Morgan fingerprint density at radius 2 is 0.974 bits per heavy atom. The number of nitrogens with zero attached hydrogens (tertiary/aromatic N) is 2. The van der Waals surface area contributed by atoms with Crippen molar-refractivity contribution in [3.8, 4) is 0 Å². The lowest BCUT2D eigenvalue weighted by Gasteiger charge is -2.18.